The molecule has 15 heavy (non-hydrogen) atoms. The summed E-state index contributed by atoms with van der Waals surface area (Å²) in [7, 11) is 0. The van der Waals surface area contributed by atoms with E-state index in [2.05, 4.69) is 5.32 Å². The fourth-order valence-electron chi connectivity index (χ4n) is 1.21. The van der Waals surface area contributed by atoms with E-state index in [1.54, 1.807) is 0 Å². The molecule has 1 atom stereocenters. The number of hydrogen-bond acceptors (Lipinski definition) is 3. The summed E-state index contributed by atoms with van der Waals surface area (Å²) >= 11 is 0. The van der Waals surface area contributed by atoms with Crippen molar-refractivity contribution in [2.24, 2.45) is 5.92 Å². The smallest absolute Gasteiger partial charge is 0.287 e. The van der Waals surface area contributed by atoms with Gasteiger partial charge in [-0.3, -0.25) is 9.59 Å². The molecule has 0 aliphatic carbocycles. The third kappa shape index (κ3) is 3.43. The molecule has 0 aromatic heterocycles. The summed E-state index contributed by atoms with van der Waals surface area (Å²) in [5.74, 6) is -4.76. The molecule has 1 saturated heterocycles. The molecule has 1 aliphatic heterocycles. The first-order valence-electron chi connectivity index (χ1n) is 4.48. The van der Waals surface area contributed by atoms with Crippen molar-refractivity contribution in [1.29, 1.82) is 0 Å². The van der Waals surface area contributed by atoms with Gasteiger partial charge in [0, 0.05) is 13.0 Å². The van der Waals surface area contributed by atoms with Crippen molar-refractivity contribution < 1.29 is 23.5 Å². The zero-order valence-corrected chi connectivity index (χ0v) is 7.93. The minimum Gasteiger partial charge on any atom is -0.390 e. The third-order valence-electron chi connectivity index (χ3n) is 2.10. The number of carbonyl (C=O) groups is 2. The van der Waals surface area contributed by atoms with E-state index in [1.807, 2.05) is 5.32 Å². The van der Waals surface area contributed by atoms with E-state index in [9.17, 15) is 18.4 Å². The largest absolute Gasteiger partial charge is 0.390 e. The SMILES string of the molecule is O=C1CC(C(=O)NCC(F)(F)CO)CN1. The van der Waals surface area contributed by atoms with Gasteiger partial charge in [0.2, 0.25) is 11.8 Å². The molecule has 1 fully saturated rings. The molecule has 0 saturated carbocycles. The van der Waals surface area contributed by atoms with Crippen molar-refractivity contribution >= 4 is 11.8 Å². The lowest BCUT2D eigenvalue weighted by Gasteiger charge is -2.15. The summed E-state index contributed by atoms with van der Waals surface area (Å²) in [5, 5.41) is 12.7. The van der Waals surface area contributed by atoms with Gasteiger partial charge in [0.1, 0.15) is 6.61 Å². The second-order valence-electron chi connectivity index (χ2n) is 3.44. The molecule has 1 unspecified atom stereocenters. The maximum absolute atomic E-state index is 12.5. The molecule has 0 aromatic rings. The molecule has 7 heteroatoms. The highest BCUT2D eigenvalue weighted by Gasteiger charge is 2.32. The van der Waals surface area contributed by atoms with E-state index in [0.717, 1.165) is 0 Å². The number of hydrogen-bond donors (Lipinski definition) is 3. The Labute approximate surface area is 84.8 Å². The zero-order chi connectivity index (χ0) is 11.5. The first-order valence-corrected chi connectivity index (χ1v) is 4.48. The Morgan fingerprint density at radius 3 is 2.80 bits per heavy atom. The lowest BCUT2D eigenvalue weighted by molar-refractivity contribution is -0.128. The predicted molar refractivity (Wildman–Crippen MR) is 46.2 cm³/mol. The van der Waals surface area contributed by atoms with Gasteiger partial charge >= 0.3 is 0 Å². The van der Waals surface area contributed by atoms with E-state index in [-0.39, 0.29) is 18.9 Å². The Hall–Kier alpha value is -1.24. The molecular formula is C8H12F2N2O3. The molecule has 0 bridgehead atoms. The number of nitrogens with one attached hydrogen (secondary N) is 2. The van der Waals surface area contributed by atoms with Crippen LogP contribution in [0.5, 0.6) is 0 Å². The van der Waals surface area contributed by atoms with Crippen molar-refractivity contribution in [1.82, 2.24) is 10.6 Å². The van der Waals surface area contributed by atoms with Crippen molar-refractivity contribution in [3.05, 3.63) is 0 Å². The summed E-state index contributed by atoms with van der Waals surface area (Å²) < 4.78 is 25.1. The summed E-state index contributed by atoms with van der Waals surface area (Å²) in [6.07, 6.45) is 0.0243. The van der Waals surface area contributed by atoms with Gasteiger partial charge in [0.15, 0.2) is 0 Å². The number of rotatable bonds is 4. The van der Waals surface area contributed by atoms with Crippen LogP contribution in [0.4, 0.5) is 8.78 Å². The molecule has 0 aromatic carbocycles. The highest BCUT2D eigenvalue weighted by molar-refractivity contribution is 5.89. The number of alkyl halides is 2. The maximum Gasteiger partial charge on any atom is 0.287 e. The highest BCUT2D eigenvalue weighted by Crippen LogP contribution is 2.12. The average Bonchev–Trinajstić information content (AvgIpc) is 2.61. The molecule has 1 heterocycles. The third-order valence-corrected chi connectivity index (χ3v) is 2.10. The van der Waals surface area contributed by atoms with Crippen LogP contribution in [0, 0.1) is 5.92 Å². The van der Waals surface area contributed by atoms with Gasteiger partial charge in [-0.05, 0) is 0 Å². The number of carbonyl (C=O) groups excluding carboxylic acids is 2. The van der Waals surface area contributed by atoms with E-state index < -0.39 is 30.9 Å². The minimum absolute atomic E-state index is 0.0243. The van der Waals surface area contributed by atoms with Crippen molar-refractivity contribution in [2.45, 2.75) is 12.3 Å². The summed E-state index contributed by atoms with van der Waals surface area (Å²) in [4.78, 5) is 22.0. The second-order valence-corrected chi connectivity index (χ2v) is 3.44. The Morgan fingerprint density at radius 1 is 1.67 bits per heavy atom. The van der Waals surface area contributed by atoms with E-state index >= 15 is 0 Å². The van der Waals surface area contributed by atoms with Crippen LogP contribution in [0.3, 0.4) is 0 Å². The summed E-state index contributed by atoms with van der Waals surface area (Å²) in [6.45, 7) is -2.04. The Morgan fingerprint density at radius 2 is 2.33 bits per heavy atom. The van der Waals surface area contributed by atoms with Gasteiger partial charge in [0.25, 0.3) is 5.92 Å². The quantitative estimate of drug-likeness (QED) is 0.563. The number of aliphatic hydroxyl groups is 1. The molecular weight excluding hydrogens is 210 g/mol. The van der Waals surface area contributed by atoms with Crippen LogP contribution in [0.2, 0.25) is 0 Å². The molecule has 0 spiro atoms. The summed E-state index contributed by atoms with van der Waals surface area (Å²) in [5.41, 5.74) is 0. The molecule has 3 N–H and O–H groups in total. The van der Waals surface area contributed by atoms with Crippen LogP contribution in [-0.2, 0) is 9.59 Å². The fourth-order valence-corrected chi connectivity index (χ4v) is 1.21. The Kier molecular flexibility index (Phi) is 3.57. The molecule has 1 aliphatic rings. The monoisotopic (exact) mass is 222 g/mol. The molecule has 2 amide bonds. The zero-order valence-electron chi connectivity index (χ0n) is 7.93. The van der Waals surface area contributed by atoms with Gasteiger partial charge in [-0.15, -0.1) is 0 Å². The number of aliphatic hydroxyl groups excluding tert-OH is 1. The fraction of sp³-hybridized carbons (Fsp3) is 0.750. The normalized spacial score (nSPS) is 21.3. The number of amides is 2. The molecule has 5 nitrogen and oxygen atoms in total. The number of halogens is 2. The summed E-state index contributed by atoms with van der Waals surface area (Å²) in [6, 6.07) is 0. The Bertz CT molecular complexity index is 271. The van der Waals surface area contributed by atoms with Crippen molar-refractivity contribution in [2.75, 3.05) is 19.7 Å². The van der Waals surface area contributed by atoms with Gasteiger partial charge in [-0.2, -0.15) is 0 Å². The van der Waals surface area contributed by atoms with Gasteiger partial charge in [0.05, 0.1) is 12.5 Å². The maximum atomic E-state index is 12.5. The Balaban J connectivity index is 2.33. The van der Waals surface area contributed by atoms with Gasteiger partial charge in [-0.1, -0.05) is 0 Å². The van der Waals surface area contributed by atoms with Crippen LogP contribution in [0.25, 0.3) is 0 Å². The second kappa shape index (κ2) is 4.52. The van der Waals surface area contributed by atoms with Crippen LogP contribution in [0.15, 0.2) is 0 Å². The standard InChI is InChI=1S/C8H12F2N2O3/c9-8(10,4-13)3-12-7(15)5-1-6(14)11-2-5/h5,13H,1-4H2,(H,11,14)(H,12,15). The predicted octanol–water partition coefficient (Wildman–Crippen LogP) is -1.13. The topological polar surface area (TPSA) is 78.4 Å². The van der Waals surface area contributed by atoms with Crippen LogP contribution in [0.1, 0.15) is 6.42 Å². The first-order chi connectivity index (χ1) is 6.94. The van der Waals surface area contributed by atoms with Crippen LogP contribution in [-0.4, -0.2) is 42.5 Å². The molecule has 0 radical (unpaired) electrons. The van der Waals surface area contributed by atoms with Gasteiger partial charge < -0.3 is 15.7 Å². The average molecular weight is 222 g/mol. The minimum atomic E-state index is -3.31. The van der Waals surface area contributed by atoms with E-state index in [1.165, 1.54) is 0 Å². The lowest BCUT2D eigenvalue weighted by atomic mass is 10.1. The lowest BCUT2D eigenvalue weighted by Crippen LogP contribution is -2.41. The molecule has 1 rings (SSSR count). The van der Waals surface area contributed by atoms with Crippen molar-refractivity contribution in [3.63, 3.8) is 0 Å². The highest BCUT2D eigenvalue weighted by atomic mass is 19.3. The van der Waals surface area contributed by atoms with E-state index in [0.29, 0.717) is 0 Å². The van der Waals surface area contributed by atoms with Crippen LogP contribution < -0.4 is 10.6 Å². The molecule has 86 valence electrons. The van der Waals surface area contributed by atoms with E-state index in [4.69, 9.17) is 5.11 Å². The van der Waals surface area contributed by atoms with Gasteiger partial charge in [-0.25, -0.2) is 8.78 Å². The van der Waals surface area contributed by atoms with Crippen molar-refractivity contribution in [3.8, 4) is 0 Å². The first kappa shape index (κ1) is 11.8. The van der Waals surface area contributed by atoms with Crippen LogP contribution >= 0.6 is 0 Å².